The molecule has 0 saturated carbocycles. The van der Waals surface area contributed by atoms with Crippen LogP contribution < -0.4 is 5.32 Å². The zero-order chi connectivity index (χ0) is 17.2. The number of rotatable bonds is 5. The summed E-state index contributed by atoms with van der Waals surface area (Å²) in [5.41, 5.74) is -0.0871. The van der Waals surface area contributed by atoms with Gasteiger partial charge in [0.2, 0.25) is 16.9 Å². The third-order valence-electron chi connectivity index (χ3n) is 4.21. The third kappa shape index (κ3) is 4.07. The summed E-state index contributed by atoms with van der Waals surface area (Å²) in [7, 11) is 0. The van der Waals surface area contributed by atoms with E-state index >= 15 is 0 Å². The monoisotopic (exact) mass is 338 g/mol. The lowest BCUT2D eigenvalue weighted by Crippen LogP contribution is -2.36. The van der Waals surface area contributed by atoms with Crippen molar-refractivity contribution in [2.45, 2.75) is 65.3 Å². The summed E-state index contributed by atoms with van der Waals surface area (Å²) in [5.74, 6) is -0.361. The van der Waals surface area contributed by atoms with Gasteiger partial charge in [-0.05, 0) is 12.8 Å². The number of likely N-dealkylation sites (tertiary alicyclic amines) is 1. The third-order valence-corrected chi connectivity index (χ3v) is 5.47. The van der Waals surface area contributed by atoms with Crippen LogP contribution >= 0.6 is 11.3 Å². The van der Waals surface area contributed by atoms with Gasteiger partial charge in [0.15, 0.2) is 0 Å². The van der Waals surface area contributed by atoms with E-state index in [2.05, 4.69) is 50.1 Å². The molecule has 2 rings (SSSR count). The quantitative estimate of drug-likeness (QED) is 0.896. The Labute approximate surface area is 141 Å². The van der Waals surface area contributed by atoms with E-state index in [9.17, 15) is 9.59 Å². The van der Waals surface area contributed by atoms with E-state index in [4.69, 9.17) is 0 Å². The standard InChI is InChI=1S/C16H26N4O2S/c1-6-11(7-2)20-9-10(8-12(20)21)13(22)17-15-19-18-14(23-15)16(3,4)5/h10-11H,6-9H2,1-5H3,(H,17,19,22)/t10-/m0/s1. The van der Waals surface area contributed by atoms with E-state index in [1.54, 1.807) is 0 Å². The van der Waals surface area contributed by atoms with E-state index in [1.807, 2.05) is 4.90 Å². The number of amides is 2. The van der Waals surface area contributed by atoms with E-state index in [0.717, 1.165) is 17.8 Å². The van der Waals surface area contributed by atoms with Crippen LogP contribution in [0.1, 0.15) is 58.9 Å². The van der Waals surface area contributed by atoms with Gasteiger partial charge in [0, 0.05) is 24.4 Å². The van der Waals surface area contributed by atoms with E-state index in [1.165, 1.54) is 11.3 Å². The maximum atomic E-state index is 12.4. The highest BCUT2D eigenvalue weighted by Gasteiger charge is 2.37. The minimum absolute atomic E-state index is 0.0755. The molecule has 1 saturated heterocycles. The Kier molecular flexibility index (Phi) is 5.39. The van der Waals surface area contributed by atoms with Gasteiger partial charge in [0.05, 0.1) is 5.92 Å². The number of anilines is 1. The summed E-state index contributed by atoms with van der Waals surface area (Å²) in [5, 5.41) is 12.4. The Bertz CT molecular complexity index is 575. The Morgan fingerprint density at radius 2 is 2.00 bits per heavy atom. The van der Waals surface area contributed by atoms with Crippen molar-refractivity contribution in [3.05, 3.63) is 5.01 Å². The number of nitrogens with zero attached hydrogens (tertiary/aromatic N) is 3. The number of nitrogens with one attached hydrogen (secondary N) is 1. The molecule has 2 amide bonds. The van der Waals surface area contributed by atoms with Crippen molar-refractivity contribution < 1.29 is 9.59 Å². The largest absolute Gasteiger partial charge is 0.339 e. The zero-order valence-corrected chi connectivity index (χ0v) is 15.4. The Hall–Kier alpha value is -1.50. The summed E-state index contributed by atoms with van der Waals surface area (Å²) in [6, 6.07) is 0.231. The Morgan fingerprint density at radius 3 is 2.52 bits per heavy atom. The zero-order valence-electron chi connectivity index (χ0n) is 14.5. The number of carbonyl (C=O) groups excluding carboxylic acids is 2. The number of carbonyl (C=O) groups is 2. The van der Waals surface area contributed by atoms with Crippen LogP contribution in [0.4, 0.5) is 5.13 Å². The molecule has 7 heteroatoms. The Morgan fingerprint density at radius 1 is 1.35 bits per heavy atom. The average Bonchev–Trinajstić information content (AvgIpc) is 3.08. The van der Waals surface area contributed by atoms with Gasteiger partial charge in [0.25, 0.3) is 0 Å². The van der Waals surface area contributed by atoms with Crippen molar-refractivity contribution in [3.8, 4) is 0 Å². The lowest BCUT2D eigenvalue weighted by Gasteiger charge is -2.25. The SMILES string of the molecule is CCC(CC)N1C[C@@H](C(=O)Nc2nnc(C(C)(C)C)s2)CC1=O. The van der Waals surface area contributed by atoms with Gasteiger partial charge in [-0.2, -0.15) is 0 Å². The molecule has 6 nitrogen and oxygen atoms in total. The normalized spacial score (nSPS) is 18.8. The fourth-order valence-electron chi connectivity index (χ4n) is 2.77. The lowest BCUT2D eigenvalue weighted by atomic mass is 9.98. The molecule has 0 unspecified atom stereocenters. The molecule has 1 aromatic rings. The second-order valence-electron chi connectivity index (χ2n) is 7.07. The van der Waals surface area contributed by atoms with E-state index in [-0.39, 0.29) is 35.6 Å². The summed E-state index contributed by atoms with van der Waals surface area (Å²) in [6.07, 6.45) is 2.12. The maximum Gasteiger partial charge on any atom is 0.231 e. The average molecular weight is 338 g/mol. The van der Waals surface area contributed by atoms with Gasteiger partial charge in [-0.1, -0.05) is 46.0 Å². The predicted octanol–water partition coefficient (Wildman–Crippen LogP) is 2.81. The molecule has 23 heavy (non-hydrogen) atoms. The van der Waals surface area contributed by atoms with Crippen molar-refractivity contribution in [1.29, 1.82) is 0 Å². The van der Waals surface area contributed by atoms with Crippen molar-refractivity contribution in [3.63, 3.8) is 0 Å². The molecule has 0 aliphatic carbocycles. The highest BCUT2D eigenvalue weighted by molar-refractivity contribution is 7.15. The van der Waals surface area contributed by atoms with Crippen LogP contribution in [0.25, 0.3) is 0 Å². The fourth-order valence-corrected chi connectivity index (χ4v) is 3.58. The highest BCUT2D eigenvalue weighted by atomic mass is 32.1. The van der Waals surface area contributed by atoms with Crippen molar-refractivity contribution in [2.75, 3.05) is 11.9 Å². The molecule has 1 N–H and O–H groups in total. The topological polar surface area (TPSA) is 75.2 Å². The van der Waals surface area contributed by atoms with Gasteiger partial charge >= 0.3 is 0 Å². The van der Waals surface area contributed by atoms with Gasteiger partial charge < -0.3 is 10.2 Å². The molecule has 128 valence electrons. The molecule has 0 aromatic carbocycles. The van der Waals surface area contributed by atoms with Crippen LogP contribution in [0.5, 0.6) is 0 Å². The van der Waals surface area contributed by atoms with E-state index in [0.29, 0.717) is 11.7 Å². The van der Waals surface area contributed by atoms with Gasteiger partial charge in [0.1, 0.15) is 5.01 Å². The summed E-state index contributed by atoms with van der Waals surface area (Å²) >= 11 is 1.39. The highest BCUT2D eigenvalue weighted by Crippen LogP contribution is 2.29. The molecular weight excluding hydrogens is 312 g/mol. The molecule has 1 aliphatic rings. The minimum Gasteiger partial charge on any atom is -0.339 e. The molecule has 0 bridgehead atoms. The molecule has 1 atom stereocenters. The van der Waals surface area contributed by atoms with Crippen LogP contribution in [-0.2, 0) is 15.0 Å². The van der Waals surface area contributed by atoms with Crippen LogP contribution in [0.2, 0.25) is 0 Å². The van der Waals surface area contributed by atoms with Gasteiger partial charge in [-0.15, -0.1) is 10.2 Å². The summed E-state index contributed by atoms with van der Waals surface area (Å²) < 4.78 is 0. The Balaban J connectivity index is 1.99. The van der Waals surface area contributed by atoms with Gasteiger partial charge in [-0.25, -0.2) is 0 Å². The first-order valence-corrected chi connectivity index (χ1v) is 9.02. The maximum absolute atomic E-state index is 12.4. The molecule has 1 fully saturated rings. The molecular formula is C16H26N4O2S. The molecule has 0 spiro atoms. The second kappa shape index (κ2) is 6.95. The smallest absolute Gasteiger partial charge is 0.231 e. The van der Waals surface area contributed by atoms with Crippen molar-refractivity contribution >= 4 is 28.3 Å². The van der Waals surface area contributed by atoms with Crippen LogP contribution in [-0.4, -0.2) is 39.5 Å². The van der Waals surface area contributed by atoms with Crippen LogP contribution in [0, 0.1) is 5.92 Å². The first kappa shape index (κ1) is 17.8. The van der Waals surface area contributed by atoms with Crippen LogP contribution in [0.3, 0.4) is 0 Å². The summed E-state index contributed by atoms with van der Waals surface area (Å²) in [6.45, 7) is 10.8. The molecule has 1 aliphatic heterocycles. The van der Waals surface area contributed by atoms with Gasteiger partial charge in [-0.3, -0.25) is 9.59 Å². The van der Waals surface area contributed by atoms with Crippen molar-refractivity contribution in [2.24, 2.45) is 5.92 Å². The number of hydrogen-bond donors (Lipinski definition) is 1. The van der Waals surface area contributed by atoms with E-state index < -0.39 is 0 Å². The summed E-state index contributed by atoms with van der Waals surface area (Å²) in [4.78, 5) is 26.4. The minimum atomic E-state index is -0.301. The van der Waals surface area contributed by atoms with Crippen LogP contribution in [0.15, 0.2) is 0 Å². The molecule has 2 heterocycles. The molecule has 0 radical (unpaired) electrons. The number of aromatic nitrogens is 2. The first-order chi connectivity index (χ1) is 10.8. The second-order valence-corrected chi connectivity index (χ2v) is 8.05. The lowest BCUT2D eigenvalue weighted by molar-refractivity contribution is -0.130. The fraction of sp³-hybridized carbons (Fsp3) is 0.750. The van der Waals surface area contributed by atoms with Crippen molar-refractivity contribution in [1.82, 2.24) is 15.1 Å². The predicted molar refractivity (Wildman–Crippen MR) is 91.4 cm³/mol. The number of hydrogen-bond acceptors (Lipinski definition) is 5. The molecule has 1 aromatic heterocycles. The first-order valence-electron chi connectivity index (χ1n) is 8.20.